The van der Waals surface area contributed by atoms with Crippen molar-refractivity contribution >= 4 is 28.2 Å². The predicted octanol–water partition coefficient (Wildman–Crippen LogP) is 3.63. The van der Waals surface area contributed by atoms with Crippen molar-refractivity contribution in [1.29, 1.82) is 0 Å². The third-order valence-corrected chi connectivity index (χ3v) is 4.68. The van der Waals surface area contributed by atoms with Crippen molar-refractivity contribution in [2.45, 2.75) is 23.8 Å². The fraction of sp³-hybridized carbons (Fsp3) is 0.250. The molecule has 1 heterocycles. The van der Waals surface area contributed by atoms with Gasteiger partial charge in [0.15, 0.2) is 5.13 Å². The first-order valence-electron chi connectivity index (χ1n) is 5.06. The van der Waals surface area contributed by atoms with Crippen molar-refractivity contribution in [1.82, 2.24) is 4.98 Å². The molecule has 0 aliphatic carbocycles. The summed E-state index contributed by atoms with van der Waals surface area (Å²) < 4.78 is 1.22. The average Bonchev–Trinajstić information content (AvgIpc) is 2.57. The van der Waals surface area contributed by atoms with Gasteiger partial charge in [0.1, 0.15) is 0 Å². The minimum absolute atomic E-state index is 0.656. The van der Waals surface area contributed by atoms with E-state index in [4.69, 9.17) is 5.73 Å². The zero-order valence-electron chi connectivity index (χ0n) is 9.36. The third kappa shape index (κ3) is 2.77. The average molecular weight is 250 g/mol. The van der Waals surface area contributed by atoms with E-state index in [-0.39, 0.29) is 0 Å². The standard InChI is InChI=1S/C12H14N2S2/c1-8-3-5-10(6-4-8)7-15-11-9(2)14-12(13)16-11/h3-6H,7H2,1-2H3,(H2,13,14). The molecule has 0 atom stereocenters. The summed E-state index contributed by atoms with van der Waals surface area (Å²) in [5, 5.41) is 0.656. The minimum atomic E-state index is 0.656. The third-order valence-electron chi connectivity index (χ3n) is 2.26. The van der Waals surface area contributed by atoms with Crippen LogP contribution in [0, 0.1) is 13.8 Å². The Kier molecular flexibility index (Phi) is 3.51. The summed E-state index contributed by atoms with van der Waals surface area (Å²) in [7, 11) is 0. The molecule has 1 aromatic heterocycles. The van der Waals surface area contributed by atoms with E-state index < -0.39 is 0 Å². The van der Waals surface area contributed by atoms with E-state index in [0.29, 0.717) is 5.13 Å². The van der Waals surface area contributed by atoms with Crippen molar-refractivity contribution in [3.63, 3.8) is 0 Å². The fourth-order valence-electron chi connectivity index (χ4n) is 1.37. The highest BCUT2D eigenvalue weighted by Crippen LogP contribution is 2.32. The minimum Gasteiger partial charge on any atom is -0.375 e. The molecule has 0 aliphatic heterocycles. The lowest BCUT2D eigenvalue weighted by Gasteiger charge is -2.00. The van der Waals surface area contributed by atoms with Gasteiger partial charge in [0.25, 0.3) is 0 Å². The molecule has 84 valence electrons. The Morgan fingerprint density at radius 1 is 1.25 bits per heavy atom. The van der Waals surface area contributed by atoms with Gasteiger partial charge in [-0.15, -0.1) is 11.8 Å². The summed E-state index contributed by atoms with van der Waals surface area (Å²) in [6.45, 7) is 4.11. The topological polar surface area (TPSA) is 38.9 Å². The van der Waals surface area contributed by atoms with Gasteiger partial charge in [-0.1, -0.05) is 41.2 Å². The lowest BCUT2D eigenvalue weighted by atomic mass is 10.2. The summed E-state index contributed by atoms with van der Waals surface area (Å²) in [5.41, 5.74) is 9.34. The maximum Gasteiger partial charge on any atom is 0.181 e. The normalized spacial score (nSPS) is 10.6. The van der Waals surface area contributed by atoms with E-state index in [1.165, 1.54) is 15.3 Å². The first-order chi connectivity index (χ1) is 7.65. The van der Waals surface area contributed by atoms with Crippen LogP contribution in [0.2, 0.25) is 0 Å². The number of rotatable bonds is 3. The largest absolute Gasteiger partial charge is 0.375 e. The highest BCUT2D eigenvalue weighted by atomic mass is 32.2. The first kappa shape index (κ1) is 11.5. The number of anilines is 1. The van der Waals surface area contributed by atoms with Crippen molar-refractivity contribution in [2.24, 2.45) is 0 Å². The van der Waals surface area contributed by atoms with E-state index >= 15 is 0 Å². The number of thiazole rings is 1. The van der Waals surface area contributed by atoms with E-state index in [9.17, 15) is 0 Å². The van der Waals surface area contributed by atoms with E-state index in [0.717, 1.165) is 11.4 Å². The smallest absolute Gasteiger partial charge is 0.181 e. The Morgan fingerprint density at radius 3 is 2.50 bits per heavy atom. The molecule has 4 heteroatoms. The molecular formula is C12H14N2S2. The van der Waals surface area contributed by atoms with Gasteiger partial charge in [-0.2, -0.15) is 0 Å². The fourth-order valence-corrected chi connectivity index (χ4v) is 3.35. The second-order valence-corrected chi connectivity index (χ2v) is 5.97. The van der Waals surface area contributed by atoms with Crippen molar-refractivity contribution in [2.75, 3.05) is 5.73 Å². The van der Waals surface area contributed by atoms with Gasteiger partial charge >= 0.3 is 0 Å². The summed E-state index contributed by atoms with van der Waals surface area (Å²) in [6, 6.07) is 8.62. The Hall–Kier alpha value is -1.00. The molecule has 1 aromatic carbocycles. The van der Waals surface area contributed by atoms with Crippen LogP contribution in [0.3, 0.4) is 0 Å². The number of aryl methyl sites for hydroxylation is 2. The molecule has 2 aromatic rings. The van der Waals surface area contributed by atoms with E-state index in [1.807, 2.05) is 6.92 Å². The Bertz CT molecular complexity index is 474. The van der Waals surface area contributed by atoms with Gasteiger partial charge in [-0.05, 0) is 19.4 Å². The SMILES string of the molecule is Cc1ccc(CSc2sc(N)nc2C)cc1. The summed E-state index contributed by atoms with van der Waals surface area (Å²) in [5.74, 6) is 0.975. The van der Waals surface area contributed by atoms with Crippen LogP contribution >= 0.6 is 23.1 Å². The van der Waals surface area contributed by atoms with Gasteiger partial charge in [0.2, 0.25) is 0 Å². The molecule has 0 amide bonds. The molecule has 0 unspecified atom stereocenters. The highest BCUT2D eigenvalue weighted by molar-refractivity contribution is 8.00. The summed E-state index contributed by atoms with van der Waals surface area (Å²) in [6.07, 6.45) is 0. The van der Waals surface area contributed by atoms with Crippen LogP contribution in [0.1, 0.15) is 16.8 Å². The molecular weight excluding hydrogens is 236 g/mol. The monoisotopic (exact) mass is 250 g/mol. The van der Waals surface area contributed by atoms with Gasteiger partial charge in [-0.25, -0.2) is 4.98 Å². The zero-order valence-corrected chi connectivity index (χ0v) is 11.0. The number of nitrogens with zero attached hydrogens (tertiary/aromatic N) is 1. The Balaban J connectivity index is 2.02. The van der Waals surface area contributed by atoms with Crippen LogP contribution in [0.25, 0.3) is 0 Å². The lowest BCUT2D eigenvalue weighted by molar-refractivity contribution is 1.21. The lowest BCUT2D eigenvalue weighted by Crippen LogP contribution is -1.82. The molecule has 0 aliphatic rings. The van der Waals surface area contributed by atoms with Crippen molar-refractivity contribution < 1.29 is 0 Å². The van der Waals surface area contributed by atoms with Gasteiger partial charge in [0.05, 0.1) is 9.90 Å². The van der Waals surface area contributed by atoms with Crippen LogP contribution in [0.5, 0.6) is 0 Å². The molecule has 0 fully saturated rings. The molecule has 0 bridgehead atoms. The van der Waals surface area contributed by atoms with Crippen molar-refractivity contribution in [3.05, 3.63) is 41.1 Å². The van der Waals surface area contributed by atoms with Crippen LogP contribution < -0.4 is 5.73 Å². The molecule has 0 saturated carbocycles. The van der Waals surface area contributed by atoms with Gasteiger partial charge in [-0.3, -0.25) is 0 Å². The van der Waals surface area contributed by atoms with Crippen LogP contribution in [0.15, 0.2) is 28.5 Å². The molecule has 2 N–H and O–H groups in total. The second-order valence-electron chi connectivity index (χ2n) is 3.70. The number of nitrogens with two attached hydrogens (primary N) is 1. The first-order valence-corrected chi connectivity index (χ1v) is 6.86. The van der Waals surface area contributed by atoms with Crippen LogP contribution in [-0.2, 0) is 5.75 Å². The number of thioether (sulfide) groups is 1. The summed E-state index contributed by atoms with van der Waals surface area (Å²) >= 11 is 3.37. The van der Waals surface area contributed by atoms with Crippen LogP contribution in [0.4, 0.5) is 5.13 Å². The number of hydrogen-bond acceptors (Lipinski definition) is 4. The van der Waals surface area contributed by atoms with Crippen molar-refractivity contribution in [3.8, 4) is 0 Å². The predicted molar refractivity (Wildman–Crippen MR) is 72.0 cm³/mol. The number of nitrogen functional groups attached to an aromatic ring is 1. The molecule has 0 radical (unpaired) electrons. The van der Waals surface area contributed by atoms with E-state index in [1.54, 1.807) is 23.1 Å². The maximum atomic E-state index is 5.66. The number of benzene rings is 1. The zero-order chi connectivity index (χ0) is 11.5. The molecule has 16 heavy (non-hydrogen) atoms. The van der Waals surface area contributed by atoms with E-state index in [2.05, 4.69) is 36.2 Å². The molecule has 2 nitrogen and oxygen atoms in total. The van der Waals surface area contributed by atoms with Gasteiger partial charge in [0, 0.05) is 5.75 Å². The maximum absolute atomic E-state index is 5.66. The molecule has 2 rings (SSSR count). The van der Waals surface area contributed by atoms with Gasteiger partial charge < -0.3 is 5.73 Å². The number of aromatic nitrogens is 1. The highest BCUT2D eigenvalue weighted by Gasteiger charge is 2.05. The van der Waals surface area contributed by atoms with Crippen LogP contribution in [-0.4, -0.2) is 4.98 Å². The Morgan fingerprint density at radius 2 is 1.94 bits per heavy atom. The molecule has 0 spiro atoms. The number of hydrogen-bond donors (Lipinski definition) is 1. The summed E-state index contributed by atoms with van der Waals surface area (Å²) in [4.78, 5) is 4.21. The Labute approximate surface area is 104 Å². The quantitative estimate of drug-likeness (QED) is 0.845. The molecule has 0 saturated heterocycles. The second kappa shape index (κ2) is 4.89.